The van der Waals surface area contributed by atoms with Crippen LogP contribution in [-0.4, -0.2) is 53.3 Å². The van der Waals surface area contributed by atoms with Crippen molar-refractivity contribution in [2.75, 3.05) is 42.3 Å². The van der Waals surface area contributed by atoms with Gasteiger partial charge in [-0.15, -0.1) is 0 Å². The van der Waals surface area contributed by atoms with E-state index in [1.54, 1.807) is 42.6 Å². The molecule has 1 aromatic carbocycles. The van der Waals surface area contributed by atoms with E-state index in [9.17, 15) is 9.59 Å². The number of amides is 3. The number of hydrogen-bond acceptors (Lipinski definition) is 7. The van der Waals surface area contributed by atoms with Gasteiger partial charge < -0.3 is 19.9 Å². The Balaban J connectivity index is 1.27. The van der Waals surface area contributed by atoms with Gasteiger partial charge in [-0.05, 0) is 35.9 Å². The number of urea groups is 1. The fourth-order valence-electron chi connectivity index (χ4n) is 3.47. The summed E-state index contributed by atoms with van der Waals surface area (Å²) in [5.74, 6) is 0.705. The minimum Gasteiger partial charge on any atom is -0.379 e. The molecule has 1 saturated heterocycles. The fraction of sp³-hybridized carbons (Fsp3) is 0.360. The van der Waals surface area contributed by atoms with E-state index >= 15 is 0 Å². The van der Waals surface area contributed by atoms with E-state index in [0.29, 0.717) is 28.6 Å². The number of hydrogen-bond donors (Lipinski definition) is 3. The van der Waals surface area contributed by atoms with Gasteiger partial charge in [0.1, 0.15) is 11.5 Å². The van der Waals surface area contributed by atoms with Crippen molar-refractivity contribution in [3.8, 4) is 0 Å². The summed E-state index contributed by atoms with van der Waals surface area (Å²) < 4.78 is 10.6. The van der Waals surface area contributed by atoms with Gasteiger partial charge >= 0.3 is 6.03 Å². The minimum absolute atomic E-state index is 0.204. The van der Waals surface area contributed by atoms with E-state index in [4.69, 9.17) is 9.26 Å². The van der Waals surface area contributed by atoms with E-state index in [1.165, 1.54) is 0 Å². The largest absolute Gasteiger partial charge is 0.379 e. The van der Waals surface area contributed by atoms with E-state index in [2.05, 4.69) is 31.0 Å². The topological polar surface area (TPSA) is 122 Å². The summed E-state index contributed by atoms with van der Waals surface area (Å²) in [5, 5.41) is 12.0. The molecule has 10 nitrogen and oxygen atoms in total. The van der Waals surface area contributed by atoms with Gasteiger partial charge in [0.2, 0.25) is 0 Å². The maximum absolute atomic E-state index is 12.6. The van der Waals surface area contributed by atoms with Crippen LogP contribution in [0.1, 0.15) is 42.6 Å². The second kappa shape index (κ2) is 10.7. The predicted molar refractivity (Wildman–Crippen MR) is 133 cm³/mol. The first-order chi connectivity index (χ1) is 16.8. The summed E-state index contributed by atoms with van der Waals surface area (Å²) in [6, 6.07) is 11.7. The molecule has 1 fully saturated rings. The maximum atomic E-state index is 12.6. The van der Waals surface area contributed by atoms with E-state index in [0.717, 1.165) is 38.4 Å². The summed E-state index contributed by atoms with van der Waals surface area (Å²) in [6.07, 6.45) is 1.73. The molecule has 0 aliphatic carbocycles. The Kier molecular flexibility index (Phi) is 7.42. The van der Waals surface area contributed by atoms with Crippen LogP contribution in [0.25, 0.3) is 0 Å². The number of aromatic nitrogens is 2. The number of rotatable bonds is 6. The van der Waals surface area contributed by atoms with Crippen molar-refractivity contribution in [1.82, 2.24) is 15.0 Å². The van der Waals surface area contributed by atoms with Crippen LogP contribution in [-0.2, 0) is 16.7 Å². The van der Waals surface area contributed by atoms with Crippen molar-refractivity contribution in [2.24, 2.45) is 0 Å². The highest BCUT2D eigenvalue weighted by atomic mass is 16.5. The highest BCUT2D eigenvalue weighted by molar-refractivity contribution is 6.03. The smallest absolute Gasteiger partial charge is 0.324 e. The van der Waals surface area contributed by atoms with Gasteiger partial charge in [-0.25, -0.2) is 4.79 Å². The van der Waals surface area contributed by atoms with Crippen molar-refractivity contribution < 1.29 is 18.8 Å². The molecule has 0 atom stereocenters. The normalized spacial score (nSPS) is 14.4. The molecule has 184 valence electrons. The van der Waals surface area contributed by atoms with Crippen molar-refractivity contribution >= 4 is 29.1 Å². The second-order valence-electron chi connectivity index (χ2n) is 9.38. The number of benzene rings is 1. The summed E-state index contributed by atoms with van der Waals surface area (Å²) in [7, 11) is 0. The Hall–Kier alpha value is -3.76. The van der Waals surface area contributed by atoms with E-state index in [-0.39, 0.29) is 11.3 Å². The zero-order valence-corrected chi connectivity index (χ0v) is 20.1. The van der Waals surface area contributed by atoms with Crippen LogP contribution in [0.3, 0.4) is 0 Å². The minimum atomic E-state index is -0.447. The number of anilines is 3. The molecule has 0 bridgehead atoms. The average molecular weight is 479 g/mol. The number of ether oxygens (including phenoxy) is 1. The van der Waals surface area contributed by atoms with Crippen molar-refractivity contribution in [3.63, 3.8) is 0 Å². The van der Waals surface area contributed by atoms with Crippen molar-refractivity contribution in [2.45, 2.75) is 32.7 Å². The molecule has 1 aliphatic heterocycles. The number of pyridine rings is 1. The molecule has 1 aliphatic rings. The lowest BCUT2D eigenvalue weighted by atomic mass is 9.93. The Morgan fingerprint density at radius 3 is 2.26 bits per heavy atom. The van der Waals surface area contributed by atoms with Crippen molar-refractivity contribution in [3.05, 3.63) is 65.7 Å². The molecular weight excluding hydrogens is 448 g/mol. The van der Waals surface area contributed by atoms with E-state index < -0.39 is 6.03 Å². The SMILES string of the molecule is CC(C)(C)c1cc(NC(=O)Nc2ccc(NC(=O)c3ccc(CN4CCOCC4)cn3)cc2)no1. The van der Waals surface area contributed by atoms with E-state index in [1.807, 2.05) is 26.8 Å². The first-order valence-corrected chi connectivity index (χ1v) is 11.5. The summed E-state index contributed by atoms with van der Waals surface area (Å²) >= 11 is 0. The number of morpholine rings is 1. The molecule has 0 saturated carbocycles. The summed E-state index contributed by atoms with van der Waals surface area (Å²) in [4.78, 5) is 31.4. The lowest BCUT2D eigenvalue weighted by molar-refractivity contribution is 0.0341. The highest BCUT2D eigenvalue weighted by Crippen LogP contribution is 2.24. The lowest BCUT2D eigenvalue weighted by Gasteiger charge is -2.26. The standard InChI is InChI=1S/C25H30N6O4/c1-25(2,3)21-14-22(30-35-21)29-24(33)28-19-7-5-18(6-8-19)27-23(32)20-9-4-17(15-26-20)16-31-10-12-34-13-11-31/h4-9,14-15H,10-13,16H2,1-3H3,(H,27,32)(H2,28,29,30,33). The van der Waals surface area contributed by atoms with Crippen molar-refractivity contribution in [1.29, 1.82) is 0 Å². The van der Waals surface area contributed by atoms with Crippen LogP contribution in [0.15, 0.2) is 53.2 Å². The van der Waals surface area contributed by atoms with Gasteiger partial charge in [-0.2, -0.15) is 0 Å². The fourth-order valence-corrected chi connectivity index (χ4v) is 3.47. The van der Waals surface area contributed by atoms with Gasteiger partial charge in [0.05, 0.1) is 13.2 Å². The van der Waals surface area contributed by atoms with Crippen LogP contribution in [0.4, 0.5) is 22.0 Å². The predicted octanol–water partition coefficient (Wildman–Crippen LogP) is 4.10. The van der Waals surface area contributed by atoms with Gasteiger partial charge in [-0.1, -0.05) is 32.0 Å². The highest BCUT2D eigenvalue weighted by Gasteiger charge is 2.20. The molecule has 10 heteroatoms. The molecule has 2 aromatic heterocycles. The van der Waals surface area contributed by atoms with Gasteiger partial charge in [0.25, 0.3) is 5.91 Å². The zero-order chi connectivity index (χ0) is 24.8. The first-order valence-electron chi connectivity index (χ1n) is 11.5. The average Bonchev–Trinajstić information content (AvgIpc) is 3.30. The molecule has 0 unspecified atom stereocenters. The number of carbonyl (C=O) groups is 2. The Morgan fingerprint density at radius 2 is 1.66 bits per heavy atom. The van der Waals surface area contributed by atoms with Gasteiger partial charge in [-0.3, -0.25) is 20.0 Å². The van der Waals surface area contributed by atoms with Crippen LogP contribution in [0.5, 0.6) is 0 Å². The number of nitrogens with one attached hydrogen (secondary N) is 3. The summed E-state index contributed by atoms with van der Waals surface area (Å²) in [5.41, 5.74) is 2.33. The maximum Gasteiger partial charge on any atom is 0.324 e. The monoisotopic (exact) mass is 478 g/mol. The van der Waals surface area contributed by atoms with Crippen LogP contribution >= 0.6 is 0 Å². The molecule has 3 heterocycles. The first kappa shape index (κ1) is 24.4. The third kappa shape index (κ3) is 6.87. The zero-order valence-electron chi connectivity index (χ0n) is 20.1. The molecule has 0 spiro atoms. The molecule has 35 heavy (non-hydrogen) atoms. The third-order valence-electron chi connectivity index (χ3n) is 5.46. The molecule has 3 N–H and O–H groups in total. The van der Waals surface area contributed by atoms with Crippen LogP contribution in [0.2, 0.25) is 0 Å². The third-order valence-corrected chi connectivity index (χ3v) is 5.46. The Labute approximate surface area is 204 Å². The number of carbonyl (C=O) groups excluding carboxylic acids is 2. The quantitative estimate of drug-likeness (QED) is 0.488. The molecular formula is C25H30N6O4. The van der Waals surface area contributed by atoms with Gasteiger partial charge in [0.15, 0.2) is 5.82 Å². The Bertz CT molecular complexity index is 1150. The van der Waals surface area contributed by atoms with Crippen LogP contribution < -0.4 is 16.0 Å². The molecule has 3 aromatic rings. The van der Waals surface area contributed by atoms with Crippen LogP contribution in [0, 0.1) is 0 Å². The molecule has 4 rings (SSSR count). The second-order valence-corrected chi connectivity index (χ2v) is 9.38. The molecule has 3 amide bonds. The molecule has 0 radical (unpaired) electrons. The Morgan fingerprint density at radius 1 is 0.971 bits per heavy atom. The summed E-state index contributed by atoms with van der Waals surface area (Å²) in [6.45, 7) is 10.1. The number of nitrogens with zero attached hydrogens (tertiary/aromatic N) is 3. The lowest BCUT2D eigenvalue weighted by Crippen LogP contribution is -2.35. The van der Waals surface area contributed by atoms with Gasteiger partial charge in [0, 0.05) is 48.7 Å².